The van der Waals surface area contributed by atoms with Crippen molar-refractivity contribution in [1.82, 2.24) is 0 Å². The lowest BCUT2D eigenvalue weighted by atomic mass is 9.73. The predicted molar refractivity (Wildman–Crippen MR) is 62.0 cm³/mol. The number of ether oxygens (including phenoxy) is 1. The number of esters is 1. The van der Waals surface area contributed by atoms with Crippen molar-refractivity contribution in [3.63, 3.8) is 0 Å². The number of rotatable bonds is 4. The molecule has 2 nitrogen and oxygen atoms in total. The van der Waals surface area contributed by atoms with Gasteiger partial charge in [-0.15, -0.1) is 0 Å². The van der Waals surface area contributed by atoms with Crippen LogP contribution in [0.4, 0.5) is 0 Å². The zero-order valence-corrected chi connectivity index (χ0v) is 9.61. The average molecular weight is 217 g/mol. The minimum atomic E-state index is -0.102. The average Bonchev–Trinajstić information content (AvgIpc) is 2.24. The van der Waals surface area contributed by atoms with Crippen molar-refractivity contribution < 1.29 is 9.53 Å². The number of carbonyl (C=O) groups is 1. The van der Waals surface area contributed by atoms with E-state index >= 15 is 0 Å². The van der Waals surface area contributed by atoms with Gasteiger partial charge in [0, 0.05) is 0 Å². The molecule has 1 aromatic rings. The van der Waals surface area contributed by atoms with Crippen LogP contribution in [-0.4, -0.2) is 12.6 Å². The molecular formula is C14H17O2. The summed E-state index contributed by atoms with van der Waals surface area (Å²) < 4.78 is 5.16. The minimum Gasteiger partial charge on any atom is -0.466 e. The largest absolute Gasteiger partial charge is 0.466 e. The maximum absolute atomic E-state index is 11.9. The Balaban J connectivity index is 2.17. The van der Waals surface area contributed by atoms with Crippen molar-refractivity contribution in [1.29, 1.82) is 0 Å². The molecule has 0 amide bonds. The summed E-state index contributed by atoms with van der Waals surface area (Å²) in [6.45, 7) is 2.30. The van der Waals surface area contributed by atoms with Crippen LogP contribution in [0.2, 0.25) is 0 Å². The fraction of sp³-hybridized carbons (Fsp3) is 0.500. The van der Waals surface area contributed by atoms with Crippen molar-refractivity contribution in [2.45, 2.75) is 32.1 Å². The van der Waals surface area contributed by atoms with Crippen molar-refractivity contribution in [2.75, 3.05) is 6.61 Å². The third-order valence-corrected chi connectivity index (χ3v) is 3.23. The third kappa shape index (κ3) is 2.26. The molecule has 1 saturated carbocycles. The zero-order valence-electron chi connectivity index (χ0n) is 9.61. The molecule has 2 heteroatoms. The van der Waals surface area contributed by atoms with Gasteiger partial charge in [-0.2, -0.15) is 0 Å². The summed E-state index contributed by atoms with van der Waals surface area (Å²) in [5, 5.41) is 0. The van der Waals surface area contributed by atoms with Gasteiger partial charge in [0.05, 0.1) is 12.5 Å². The molecule has 1 aliphatic rings. The number of hydrogen-bond acceptors (Lipinski definition) is 2. The molecule has 16 heavy (non-hydrogen) atoms. The Labute approximate surface area is 96.6 Å². The zero-order chi connectivity index (χ0) is 11.4. The summed E-state index contributed by atoms with van der Waals surface area (Å²) in [6.07, 6.45) is 3.49. The maximum Gasteiger partial charge on any atom is 0.313 e. The molecule has 0 aliphatic heterocycles. The molecule has 0 spiro atoms. The first-order chi connectivity index (χ1) is 7.83. The van der Waals surface area contributed by atoms with Gasteiger partial charge in [0.25, 0.3) is 0 Å². The van der Waals surface area contributed by atoms with Crippen LogP contribution in [0.1, 0.15) is 37.7 Å². The number of benzene rings is 1. The Morgan fingerprint density at radius 3 is 2.88 bits per heavy atom. The van der Waals surface area contributed by atoms with Crippen LogP contribution in [0.5, 0.6) is 0 Å². The quantitative estimate of drug-likeness (QED) is 0.725. The fourth-order valence-corrected chi connectivity index (χ4v) is 2.18. The molecular weight excluding hydrogens is 200 g/mol. The van der Waals surface area contributed by atoms with Crippen LogP contribution in [0.15, 0.2) is 24.3 Å². The van der Waals surface area contributed by atoms with Crippen LogP contribution in [-0.2, 0) is 9.53 Å². The summed E-state index contributed by atoms with van der Waals surface area (Å²) in [6, 6.07) is 10.9. The highest BCUT2D eigenvalue weighted by Crippen LogP contribution is 2.39. The van der Waals surface area contributed by atoms with E-state index in [2.05, 4.69) is 6.07 Å². The SMILES string of the molecule is CCOC(=O)C(c1[c]cccc1)C1CCC1. The second kappa shape index (κ2) is 5.15. The van der Waals surface area contributed by atoms with Gasteiger partial charge in [-0.3, -0.25) is 4.79 Å². The van der Waals surface area contributed by atoms with E-state index in [1.807, 2.05) is 31.2 Å². The van der Waals surface area contributed by atoms with Gasteiger partial charge >= 0.3 is 5.97 Å². The van der Waals surface area contributed by atoms with E-state index in [1.165, 1.54) is 6.42 Å². The molecule has 2 rings (SSSR count). The molecule has 1 fully saturated rings. The van der Waals surface area contributed by atoms with Crippen molar-refractivity contribution in [2.24, 2.45) is 5.92 Å². The summed E-state index contributed by atoms with van der Waals surface area (Å²) in [7, 11) is 0. The molecule has 1 unspecified atom stereocenters. The highest BCUT2D eigenvalue weighted by molar-refractivity contribution is 5.78. The van der Waals surface area contributed by atoms with E-state index in [1.54, 1.807) is 0 Å². The lowest BCUT2D eigenvalue weighted by Crippen LogP contribution is -2.28. The topological polar surface area (TPSA) is 26.3 Å². The van der Waals surface area contributed by atoms with Gasteiger partial charge in [0.1, 0.15) is 0 Å². The molecule has 0 heterocycles. The molecule has 1 atom stereocenters. The monoisotopic (exact) mass is 217 g/mol. The van der Waals surface area contributed by atoms with Gasteiger partial charge in [0.15, 0.2) is 0 Å². The molecule has 85 valence electrons. The summed E-state index contributed by atoms with van der Waals surface area (Å²) >= 11 is 0. The molecule has 0 saturated heterocycles. The van der Waals surface area contributed by atoms with Crippen molar-refractivity contribution in [3.8, 4) is 0 Å². The van der Waals surface area contributed by atoms with Crippen LogP contribution < -0.4 is 0 Å². The van der Waals surface area contributed by atoms with E-state index in [0.29, 0.717) is 12.5 Å². The first kappa shape index (κ1) is 11.2. The van der Waals surface area contributed by atoms with Gasteiger partial charge in [-0.05, 0) is 37.3 Å². The third-order valence-electron chi connectivity index (χ3n) is 3.23. The molecule has 1 aliphatic carbocycles. The highest BCUT2D eigenvalue weighted by atomic mass is 16.5. The van der Waals surface area contributed by atoms with Gasteiger partial charge < -0.3 is 4.74 Å². The summed E-state index contributed by atoms with van der Waals surface area (Å²) in [4.78, 5) is 11.9. The Kier molecular flexibility index (Phi) is 3.60. The Hall–Kier alpha value is -1.31. The lowest BCUT2D eigenvalue weighted by molar-refractivity contribution is -0.147. The Bertz CT molecular complexity index is 341. The molecule has 1 radical (unpaired) electrons. The minimum absolute atomic E-state index is 0.0883. The predicted octanol–water partition coefficient (Wildman–Crippen LogP) is 2.93. The van der Waals surface area contributed by atoms with Crippen LogP contribution in [0, 0.1) is 12.0 Å². The Morgan fingerprint density at radius 2 is 2.38 bits per heavy atom. The van der Waals surface area contributed by atoms with E-state index in [4.69, 9.17) is 4.74 Å². The normalized spacial score (nSPS) is 17.6. The molecule has 1 aromatic carbocycles. The van der Waals surface area contributed by atoms with E-state index in [-0.39, 0.29) is 11.9 Å². The second-order valence-corrected chi connectivity index (χ2v) is 4.24. The Morgan fingerprint density at radius 1 is 1.56 bits per heavy atom. The first-order valence-electron chi connectivity index (χ1n) is 5.96. The van der Waals surface area contributed by atoms with Gasteiger partial charge in [-0.25, -0.2) is 0 Å². The van der Waals surface area contributed by atoms with E-state index in [9.17, 15) is 4.79 Å². The van der Waals surface area contributed by atoms with Crippen LogP contribution in [0.3, 0.4) is 0 Å². The standard InChI is InChI=1S/C14H17O2/c1-2-16-14(15)13(12-9-6-10-12)11-7-4-3-5-8-11/h3-5,7,12-13H,2,6,9-10H2,1H3. The second-order valence-electron chi connectivity index (χ2n) is 4.24. The van der Waals surface area contributed by atoms with E-state index in [0.717, 1.165) is 18.4 Å². The van der Waals surface area contributed by atoms with Gasteiger partial charge in [-0.1, -0.05) is 30.7 Å². The first-order valence-corrected chi connectivity index (χ1v) is 5.96. The smallest absolute Gasteiger partial charge is 0.313 e. The van der Waals surface area contributed by atoms with Crippen LogP contribution >= 0.6 is 0 Å². The molecule has 0 aromatic heterocycles. The number of hydrogen-bond donors (Lipinski definition) is 0. The fourth-order valence-electron chi connectivity index (χ4n) is 2.18. The summed E-state index contributed by atoms with van der Waals surface area (Å²) in [5.41, 5.74) is 0.977. The molecule has 0 N–H and O–H groups in total. The maximum atomic E-state index is 11.9. The van der Waals surface area contributed by atoms with Crippen LogP contribution in [0.25, 0.3) is 0 Å². The van der Waals surface area contributed by atoms with Gasteiger partial charge in [0.2, 0.25) is 0 Å². The van der Waals surface area contributed by atoms with E-state index < -0.39 is 0 Å². The lowest BCUT2D eigenvalue weighted by Gasteiger charge is -2.32. The highest BCUT2D eigenvalue weighted by Gasteiger charge is 2.34. The molecule has 0 bridgehead atoms. The van der Waals surface area contributed by atoms with Crippen molar-refractivity contribution >= 4 is 5.97 Å². The van der Waals surface area contributed by atoms with Crippen molar-refractivity contribution in [3.05, 3.63) is 35.9 Å². The number of carbonyl (C=O) groups excluding carboxylic acids is 1. The summed E-state index contributed by atoms with van der Waals surface area (Å²) in [5.74, 6) is 0.266.